The van der Waals surface area contributed by atoms with Crippen LogP contribution >= 0.6 is 24.0 Å². The fourth-order valence-corrected chi connectivity index (χ4v) is 2.87. The van der Waals surface area contributed by atoms with Crippen molar-refractivity contribution in [2.45, 2.75) is 13.1 Å². The van der Waals surface area contributed by atoms with Crippen molar-refractivity contribution in [2.75, 3.05) is 11.5 Å². The molecule has 0 unspecified atom stereocenters. The Balaban J connectivity index is 2.34. The fraction of sp³-hybridized carbons (Fsp3) is 0.231. The van der Waals surface area contributed by atoms with Crippen LogP contribution in [0.1, 0.15) is 12.5 Å². The molecule has 8 heteroatoms. The predicted octanol–water partition coefficient (Wildman–Crippen LogP) is 3.95. The van der Waals surface area contributed by atoms with Crippen molar-refractivity contribution in [3.05, 3.63) is 41.0 Å². The first-order valence-corrected chi connectivity index (χ1v) is 7.12. The van der Waals surface area contributed by atoms with E-state index in [4.69, 9.17) is 17.0 Å². The molecule has 0 aliphatic carbocycles. The number of benzene rings is 1. The number of carbonyl (C=O) groups excluding carboxylic acids is 1. The Morgan fingerprint density at radius 2 is 2.14 bits per heavy atom. The van der Waals surface area contributed by atoms with Gasteiger partial charge in [-0.05, 0) is 25.1 Å². The molecule has 0 N–H and O–H groups in total. The average molecular weight is 333 g/mol. The monoisotopic (exact) mass is 333 g/mol. The number of hydrogen-bond donors (Lipinski definition) is 0. The average Bonchev–Trinajstić information content (AvgIpc) is 2.70. The number of anilines is 1. The number of thioether (sulfide) groups is 1. The lowest BCUT2D eigenvalue weighted by Gasteiger charge is -2.16. The van der Waals surface area contributed by atoms with Crippen molar-refractivity contribution < 1.29 is 22.7 Å². The highest BCUT2D eigenvalue weighted by atomic mass is 32.2. The largest absolute Gasteiger partial charge is 0.500 e. The zero-order valence-electron chi connectivity index (χ0n) is 10.8. The number of hydrogen-bond acceptors (Lipinski definition) is 4. The van der Waals surface area contributed by atoms with E-state index in [2.05, 4.69) is 0 Å². The molecule has 1 fully saturated rings. The summed E-state index contributed by atoms with van der Waals surface area (Å²) < 4.78 is 43.4. The van der Waals surface area contributed by atoms with E-state index in [0.29, 0.717) is 6.61 Å². The zero-order valence-corrected chi connectivity index (χ0v) is 12.4. The molecule has 2 rings (SSSR count). The van der Waals surface area contributed by atoms with Gasteiger partial charge in [-0.1, -0.05) is 30.0 Å². The molecule has 1 aliphatic rings. The van der Waals surface area contributed by atoms with Gasteiger partial charge < -0.3 is 4.74 Å². The summed E-state index contributed by atoms with van der Waals surface area (Å²) in [7, 11) is 0. The third-order valence-corrected chi connectivity index (χ3v) is 3.86. The van der Waals surface area contributed by atoms with Crippen LogP contribution in [-0.4, -0.2) is 16.8 Å². The van der Waals surface area contributed by atoms with Gasteiger partial charge in [-0.3, -0.25) is 9.69 Å². The van der Waals surface area contributed by atoms with Crippen LogP contribution in [0.5, 0.6) is 0 Å². The molecular formula is C13H10F3NO2S2. The molecule has 0 saturated carbocycles. The topological polar surface area (TPSA) is 29.5 Å². The Bertz CT molecular complexity index is 614. The van der Waals surface area contributed by atoms with Crippen LogP contribution in [0.25, 0.3) is 0 Å². The van der Waals surface area contributed by atoms with Gasteiger partial charge in [0.25, 0.3) is 5.91 Å². The van der Waals surface area contributed by atoms with Crippen LogP contribution in [0.2, 0.25) is 0 Å². The lowest BCUT2D eigenvalue weighted by molar-refractivity contribution is -0.137. The lowest BCUT2D eigenvalue weighted by Crippen LogP contribution is -2.27. The van der Waals surface area contributed by atoms with Gasteiger partial charge >= 0.3 is 6.18 Å². The van der Waals surface area contributed by atoms with Crippen LogP contribution in [0.4, 0.5) is 18.9 Å². The molecule has 1 aliphatic heterocycles. The predicted molar refractivity (Wildman–Crippen MR) is 78.8 cm³/mol. The standard InChI is InChI=1S/C13H10F3NO2S2/c1-2-19-7-10-11(18)17(12(20)21-10)9-5-3-4-8(6-9)13(14,15)16/h3-7H,2H2,1H3/b10-7+. The van der Waals surface area contributed by atoms with Gasteiger partial charge in [-0.15, -0.1) is 0 Å². The van der Waals surface area contributed by atoms with Crippen LogP contribution in [0.15, 0.2) is 35.4 Å². The van der Waals surface area contributed by atoms with E-state index >= 15 is 0 Å². The first-order chi connectivity index (χ1) is 9.84. The lowest BCUT2D eigenvalue weighted by atomic mass is 10.2. The van der Waals surface area contributed by atoms with E-state index in [-0.39, 0.29) is 14.9 Å². The van der Waals surface area contributed by atoms with Crippen molar-refractivity contribution in [3.63, 3.8) is 0 Å². The molecule has 0 bridgehead atoms. The third-order valence-electron chi connectivity index (χ3n) is 2.58. The summed E-state index contributed by atoms with van der Waals surface area (Å²) in [5, 5.41) is 0. The van der Waals surface area contributed by atoms with Crippen LogP contribution in [-0.2, 0) is 15.7 Å². The molecule has 0 atom stereocenters. The molecule has 1 aromatic carbocycles. The molecular weight excluding hydrogens is 323 g/mol. The number of carbonyl (C=O) groups is 1. The van der Waals surface area contributed by atoms with Crippen LogP contribution in [0, 0.1) is 0 Å². The SMILES string of the molecule is CCO/C=C1/SC(=S)N(c2cccc(C(F)(F)F)c2)C1=O. The summed E-state index contributed by atoms with van der Waals surface area (Å²) in [5.41, 5.74) is -0.741. The number of thiocarbonyl (C=S) groups is 1. The minimum absolute atomic E-state index is 0.0900. The van der Waals surface area contributed by atoms with E-state index in [1.54, 1.807) is 6.92 Å². The molecule has 3 nitrogen and oxygen atoms in total. The van der Waals surface area contributed by atoms with Crippen molar-refractivity contribution in [3.8, 4) is 0 Å². The number of rotatable bonds is 3. The maximum Gasteiger partial charge on any atom is 0.416 e. The molecule has 0 radical (unpaired) electrons. The summed E-state index contributed by atoms with van der Waals surface area (Å²) in [6.45, 7) is 2.14. The normalized spacial score (nSPS) is 17.7. The Labute approximate surface area is 128 Å². The van der Waals surface area contributed by atoms with Crippen molar-refractivity contribution in [1.82, 2.24) is 0 Å². The quantitative estimate of drug-likeness (QED) is 0.476. The highest BCUT2D eigenvalue weighted by molar-refractivity contribution is 8.27. The molecule has 0 aromatic heterocycles. The second-order valence-electron chi connectivity index (χ2n) is 3.99. The minimum Gasteiger partial charge on any atom is -0.500 e. The maximum atomic E-state index is 12.7. The molecule has 1 heterocycles. The number of amides is 1. The Morgan fingerprint density at radius 3 is 2.76 bits per heavy atom. The van der Waals surface area contributed by atoms with Gasteiger partial charge in [0, 0.05) is 0 Å². The first-order valence-electron chi connectivity index (χ1n) is 5.90. The fourth-order valence-electron chi connectivity index (χ4n) is 1.65. The molecule has 21 heavy (non-hydrogen) atoms. The molecule has 0 spiro atoms. The number of nitrogens with zero attached hydrogens (tertiary/aromatic N) is 1. The van der Waals surface area contributed by atoms with E-state index in [1.807, 2.05) is 0 Å². The molecule has 1 aromatic rings. The second kappa shape index (κ2) is 6.07. The van der Waals surface area contributed by atoms with E-state index in [1.165, 1.54) is 18.4 Å². The summed E-state index contributed by atoms with van der Waals surface area (Å²) in [5.74, 6) is -0.488. The van der Waals surface area contributed by atoms with Gasteiger partial charge in [-0.2, -0.15) is 13.2 Å². The number of ether oxygens (including phenoxy) is 1. The Morgan fingerprint density at radius 1 is 1.43 bits per heavy atom. The van der Waals surface area contributed by atoms with Gasteiger partial charge in [0.15, 0.2) is 4.32 Å². The van der Waals surface area contributed by atoms with Gasteiger partial charge in [0.05, 0.1) is 17.9 Å². The maximum absolute atomic E-state index is 12.7. The zero-order chi connectivity index (χ0) is 15.6. The van der Waals surface area contributed by atoms with Gasteiger partial charge in [0.2, 0.25) is 0 Å². The number of halogens is 3. The van der Waals surface area contributed by atoms with Gasteiger partial charge in [0.1, 0.15) is 11.2 Å². The Kier molecular flexibility index (Phi) is 4.58. The highest BCUT2D eigenvalue weighted by Gasteiger charge is 2.36. The highest BCUT2D eigenvalue weighted by Crippen LogP contribution is 2.37. The first kappa shape index (κ1) is 15.8. The Hall–Kier alpha value is -1.54. The summed E-state index contributed by atoms with van der Waals surface area (Å²) in [6.07, 6.45) is -3.20. The van der Waals surface area contributed by atoms with E-state index in [0.717, 1.165) is 28.8 Å². The third kappa shape index (κ3) is 3.38. The molecule has 1 amide bonds. The van der Waals surface area contributed by atoms with E-state index in [9.17, 15) is 18.0 Å². The molecule has 1 saturated heterocycles. The smallest absolute Gasteiger partial charge is 0.416 e. The second-order valence-corrected chi connectivity index (χ2v) is 5.67. The van der Waals surface area contributed by atoms with Gasteiger partial charge in [-0.25, -0.2) is 0 Å². The van der Waals surface area contributed by atoms with Crippen molar-refractivity contribution in [2.24, 2.45) is 0 Å². The van der Waals surface area contributed by atoms with Crippen molar-refractivity contribution >= 4 is 39.9 Å². The van der Waals surface area contributed by atoms with E-state index < -0.39 is 17.6 Å². The summed E-state index contributed by atoms with van der Waals surface area (Å²) in [4.78, 5) is 13.5. The summed E-state index contributed by atoms with van der Waals surface area (Å²) in [6, 6.07) is 4.48. The minimum atomic E-state index is -4.47. The van der Waals surface area contributed by atoms with Crippen LogP contribution < -0.4 is 4.90 Å². The van der Waals surface area contributed by atoms with Crippen molar-refractivity contribution in [1.29, 1.82) is 0 Å². The van der Waals surface area contributed by atoms with Crippen LogP contribution in [0.3, 0.4) is 0 Å². The number of alkyl halides is 3. The molecule has 112 valence electrons. The summed E-state index contributed by atoms with van der Waals surface area (Å²) >= 11 is 6.05.